The number of piperazine rings is 1. The third-order valence-corrected chi connectivity index (χ3v) is 7.27. The first-order valence-corrected chi connectivity index (χ1v) is 13.5. The number of carbonyl (C=O) groups is 3. The molecule has 3 aromatic rings. The van der Waals surface area contributed by atoms with Crippen molar-refractivity contribution in [3.63, 3.8) is 0 Å². The van der Waals surface area contributed by atoms with Crippen LogP contribution in [0.3, 0.4) is 0 Å². The molecule has 4 rings (SSSR count). The zero-order valence-corrected chi connectivity index (χ0v) is 22.8. The predicted octanol–water partition coefficient (Wildman–Crippen LogP) is 4.32. The lowest BCUT2D eigenvalue weighted by Crippen LogP contribution is -2.49. The summed E-state index contributed by atoms with van der Waals surface area (Å²) in [4.78, 5) is 48.2. The van der Waals surface area contributed by atoms with Crippen LogP contribution in [0.15, 0.2) is 53.9 Å². The third kappa shape index (κ3) is 7.08. The Morgan fingerprint density at radius 3 is 2.47 bits per heavy atom. The highest BCUT2D eigenvalue weighted by Gasteiger charge is 2.24. The number of amides is 3. The molecule has 11 heteroatoms. The number of nitrogens with one attached hydrogen (secondary N) is 1. The lowest BCUT2D eigenvalue weighted by Gasteiger charge is -2.36. The van der Waals surface area contributed by atoms with Gasteiger partial charge in [-0.15, -0.1) is 11.3 Å². The molecule has 2 heterocycles. The van der Waals surface area contributed by atoms with Gasteiger partial charge in [-0.05, 0) is 56.3 Å². The SMILES string of the molecule is CC(C)N(CC(=O)Nc1nc(CC(=O)N2CCN(c3cccc(Cl)c3)CC2)cs1)C(=O)c1ccc(F)cc1. The monoisotopic (exact) mass is 557 g/mol. The standard InChI is InChI=1S/C27H29ClFN5O3S/c1-18(2)34(26(37)19-6-8-21(29)9-7-19)16-24(35)31-27-30-22(17-38-27)15-25(36)33-12-10-32(11-13-33)23-5-3-4-20(28)14-23/h3-9,14,17-18H,10-13,15-16H2,1-2H3,(H,30,31,35). The molecule has 0 atom stereocenters. The van der Waals surface area contributed by atoms with Gasteiger partial charge in [-0.1, -0.05) is 17.7 Å². The molecule has 2 aromatic carbocycles. The van der Waals surface area contributed by atoms with E-state index in [-0.39, 0.29) is 30.8 Å². The van der Waals surface area contributed by atoms with E-state index in [9.17, 15) is 18.8 Å². The van der Waals surface area contributed by atoms with Crippen molar-refractivity contribution in [1.82, 2.24) is 14.8 Å². The summed E-state index contributed by atoms with van der Waals surface area (Å²) in [5.74, 6) is -1.22. The normalized spacial score (nSPS) is 13.5. The van der Waals surface area contributed by atoms with Gasteiger partial charge in [0.25, 0.3) is 5.91 Å². The Kier molecular flexibility index (Phi) is 8.96. The van der Waals surface area contributed by atoms with Gasteiger partial charge in [-0.3, -0.25) is 14.4 Å². The van der Waals surface area contributed by atoms with Gasteiger partial charge in [-0.2, -0.15) is 0 Å². The summed E-state index contributed by atoms with van der Waals surface area (Å²) in [5, 5.41) is 5.51. The number of thiazole rings is 1. The van der Waals surface area contributed by atoms with Gasteiger partial charge in [0.15, 0.2) is 5.13 Å². The highest BCUT2D eigenvalue weighted by Crippen LogP contribution is 2.22. The third-order valence-electron chi connectivity index (χ3n) is 6.23. The summed E-state index contributed by atoms with van der Waals surface area (Å²) < 4.78 is 13.2. The van der Waals surface area contributed by atoms with E-state index < -0.39 is 11.7 Å². The van der Waals surface area contributed by atoms with Crippen LogP contribution in [0.25, 0.3) is 0 Å². The molecule has 3 amide bonds. The van der Waals surface area contributed by atoms with E-state index in [2.05, 4.69) is 15.2 Å². The molecule has 1 saturated heterocycles. The molecule has 0 unspecified atom stereocenters. The maximum Gasteiger partial charge on any atom is 0.254 e. The van der Waals surface area contributed by atoms with Crippen LogP contribution in [-0.2, 0) is 16.0 Å². The summed E-state index contributed by atoms with van der Waals surface area (Å²) in [7, 11) is 0. The van der Waals surface area contributed by atoms with E-state index in [0.717, 1.165) is 5.69 Å². The molecule has 200 valence electrons. The smallest absolute Gasteiger partial charge is 0.254 e. The van der Waals surface area contributed by atoms with Gasteiger partial charge in [0.2, 0.25) is 11.8 Å². The molecule has 1 aliphatic rings. The average Bonchev–Trinajstić information content (AvgIpc) is 3.33. The van der Waals surface area contributed by atoms with Crippen molar-refractivity contribution in [3.05, 3.63) is 76.0 Å². The Morgan fingerprint density at radius 2 is 1.82 bits per heavy atom. The van der Waals surface area contributed by atoms with Gasteiger partial charge >= 0.3 is 0 Å². The number of halogens is 2. The molecular weight excluding hydrogens is 529 g/mol. The molecule has 1 aliphatic heterocycles. The van der Waals surface area contributed by atoms with Crippen LogP contribution < -0.4 is 10.2 Å². The summed E-state index contributed by atoms with van der Waals surface area (Å²) in [6, 6.07) is 12.6. The Balaban J connectivity index is 1.28. The van der Waals surface area contributed by atoms with Crippen molar-refractivity contribution >= 4 is 51.5 Å². The topological polar surface area (TPSA) is 85.8 Å². The van der Waals surface area contributed by atoms with E-state index in [4.69, 9.17) is 11.6 Å². The van der Waals surface area contributed by atoms with Gasteiger partial charge in [0.1, 0.15) is 12.4 Å². The second-order valence-corrected chi connectivity index (χ2v) is 10.5. The minimum atomic E-state index is -0.437. The average molecular weight is 558 g/mol. The van der Waals surface area contributed by atoms with Crippen molar-refractivity contribution in [2.75, 3.05) is 42.9 Å². The quantitative estimate of drug-likeness (QED) is 0.446. The molecule has 0 aliphatic carbocycles. The Hall–Kier alpha value is -3.50. The van der Waals surface area contributed by atoms with Crippen molar-refractivity contribution in [1.29, 1.82) is 0 Å². The Bertz CT molecular complexity index is 1290. The van der Waals surface area contributed by atoms with Crippen molar-refractivity contribution < 1.29 is 18.8 Å². The fraction of sp³-hybridized carbons (Fsp3) is 0.333. The molecule has 1 fully saturated rings. The first-order valence-electron chi connectivity index (χ1n) is 12.3. The molecular formula is C27H29ClFN5O3S. The zero-order chi connectivity index (χ0) is 27.2. The van der Waals surface area contributed by atoms with E-state index in [1.165, 1.54) is 40.5 Å². The summed E-state index contributed by atoms with van der Waals surface area (Å²) in [5.41, 5.74) is 1.92. The van der Waals surface area contributed by atoms with Gasteiger partial charge in [-0.25, -0.2) is 9.37 Å². The molecule has 1 N–H and O–H groups in total. The van der Waals surface area contributed by atoms with Crippen LogP contribution in [0, 0.1) is 5.82 Å². The lowest BCUT2D eigenvalue weighted by atomic mass is 10.1. The second-order valence-electron chi connectivity index (χ2n) is 9.25. The zero-order valence-electron chi connectivity index (χ0n) is 21.2. The van der Waals surface area contributed by atoms with E-state index >= 15 is 0 Å². The minimum absolute atomic E-state index is 0.0187. The van der Waals surface area contributed by atoms with Gasteiger partial charge < -0.3 is 20.0 Å². The van der Waals surface area contributed by atoms with E-state index in [0.29, 0.717) is 47.6 Å². The Labute approximate surface area is 230 Å². The number of anilines is 2. The number of hydrogen-bond acceptors (Lipinski definition) is 6. The van der Waals surface area contributed by atoms with Crippen molar-refractivity contribution in [2.45, 2.75) is 26.3 Å². The summed E-state index contributed by atoms with van der Waals surface area (Å²) >= 11 is 7.32. The van der Waals surface area contributed by atoms with Crippen molar-refractivity contribution in [2.24, 2.45) is 0 Å². The number of hydrogen-bond donors (Lipinski definition) is 1. The van der Waals surface area contributed by atoms with Crippen LogP contribution in [0.4, 0.5) is 15.2 Å². The molecule has 0 radical (unpaired) electrons. The maximum absolute atomic E-state index is 13.2. The number of aromatic nitrogens is 1. The van der Waals surface area contributed by atoms with E-state index in [1.807, 2.05) is 29.2 Å². The number of carbonyl (C=O) groups excluding carboxylic acids is 3. The molecule has 0 spiro atoms. The molecule has 0 bridgehead atoms. The van der Waals surface area contributed by atoms with Gasteiger partial charge in [0, 0.05) is 53.9 Å². The van der Waals surface area contributed by atoms with Crippen LogP contribution >= 0.6 is 22.9 Å². The molecule has 38 heavy (non-hydrogen) atoms. The molecule has 8 nitrogen and oxygen atoms in total. The van der Waals surface area contributed by atoms with Crippen molar-refractivity contribution in [3.8, 4) is 0 Å². The number of benzene rings is 2. The maximum atomic E-state index is 13.2. The predicted molar refractivity (Wildman–Crippen MR) is 147 cm³/mol. The fourth-order valence-electron chi connectivity index (χ4n) is 4.16. The first-order chi connectivity index (χ1) is 18.2. The first kappa shape index (κ1) is 27.5. The summed E-state index contributed by atoms with van der Waals surface area (Å²) in [6.07, 6.45) is 0.144. The van der Waals surface area contributed by atoms with Crippen LogP contribution in [0.2, 0.25) is 5.02 Å². The fourth-order valence-corrected chi connectivity index (χ4v) is 5.07. The minimum Gasteiger partial charge on any atom is -0.368 e. The van der Waals surface area contributed by atoms with Crippen LogP contribution in [-0.4, -0.2) is 71.3 Å². The largest absolute Gasteiger partial charge is 0.368 e. The lowest BCUT2D eigenvalue weighted by molar-refractivity contribution is -0.130. The number of nitrogens with zero attached hydrogens (tertiary/aromatic N) is 4. The number of rotatable bonds is 8. The Morgan fingerprint density at radius 1 is 1.11 bits per heavy atom. The highest BCUT2D eigenvalue weighted by atomic mass is 35.5. The highest BCUT2D eigenvalue weighted by molar-refractivity contribution is 7.13. The van der Waals surface area contributed by atoms with Crippen LogP contribution in [0.5, 0.6) is 0 Å². The summed E-state index contributed by atoms with van der Waals surface area (Å²) in [6.45, 7) is 6.06. The van der Waals surface area contributed by atoms with E-state index in [1.54, 1.807) is 19.2 Å². The van der Waals surface area contributed by atoms with Gasteiger partial charge in [0.05, 0.1) is 12.1 Å². The molecule has 0 saturated carbocycles. The molecule has 1 aromatic heterocycles. The van der Waals surface area contributed by atoms with Crippen LogP contribution in [0.1, 0.15) is 29.9 Å². The second kappa shape index (κ2) is 12.4.